The lowest BCUT2D eigenvalue weighted by Crippen LogP contribution is -2.14. The Morgan fingerprint density at radius 2 is 0.540 bits per heavy atom. The highest BCUT2D eigenvalue weighted by Crippen LogP contribution is 2.16. The number of unbranched alkanes of at least 4 members (excludes halogenated alkanes) is 28. The fraction of sp³-hybridized carbons (Fsp3) is 0.773. The molecule has 0 unspecified atom stereocenters. The maximum Gasteiger partial charge on any atom is 0.345 e. The predicted octanol–water partition coefficient (Wildman–Crippen LogP) is 13.6. The molecule has 0 aliphatic heterocycles. The average Bonchev–Trinajstić information content (AvgIpc) is 3.11. The Morgan fingerprint density at radius 1 is 0.340 bits per heavy atom. The summed E-state index contributed by atoms with van der Waals surface area (Å²) < 4.78 is 9.98. The van der Waals surface area contributed by atoms with E-state index in [-0.39, 0.29) is 24.0 Å². The van der Waals surface area contributed by atoms with Crippen LogP contribution in [0.2, 0.25) is 0 Å². The largest absolute Gasteiger partial charge is 0.389 e. The van der Waals surface area contributed by atoms with Gasteiger partial charge < -0.3 is 9.47 Å². The number of esters is 4. The molecule has 0 atom stereocenters. The summed E-state index contributed by atoms with van der Waals surface area (Å²) in [7, 11) is 0. The Balaban J connectivity index is 2.03. The molecule has 0 radical (unpaired) electrons. The normalized spacial score (nSPS) is 11.1. The highest BCUT2D eigenvalue weighted by Gasteiger charge is 2.16. The molecular weight excluding hydrogens is 624 g/mol. The molecule has 0 aliphatic rings. The molecular formula is C44H74O6. The van der Waals surface area contributed by atoms with Crippen LogP contribution in [0.5, 0.6) is 0 Å². The smallest absolute Gasteiger partial charge is 0.345 e. The molecule has 286 valence electrons. The van der Waals surface area contributed by atoms with Gasteiger partial charge in [0.1, 0.15) is 0 Å². The second-order valence-corrected chi connectivity index (χ2v) is 14.5. The summed E-state index contributed by atoms with van der Waals surface area (Å²) in [5.41, 5.74) is 0.353. The average molecular weight is 699 g/mol. The first-order valence-corrected chi connectivity index (χ1v) is 21.1. The van der Waals surface area contributed by atoms with Crippen molar-refractivity contribution in [3.63, 3.8) is 0 Å². The predicted molar refractivity (Wildman–Crippen MR) is 206 cm³/mol. The molecule has 0 spiro atoms. The van der Waals surface area contributed by atoms with Crippen LogP contribution in [0, 0.1) is 0 Å². The zero-order valence-corrected chi connectivity index (χ0v) is 32.4. The first kappa shape index (κ1) is 45.5. The van der Waals surface area contributed by atoms with Crippen molar-refractivity contribution in [1.29, 1.82) is 0 Å². The quantitative estimate of drug-likeness (QED) is 0.0404. The third-order valence-corrected chi connectivity index (χ3v) is 9.74. The summed E-state index contributed by atoms with van der Waals surface area (Å²) in [5, 5.41) is 0. The van der Waals surface area contributed by atoms with Gasteiger partial charge in [0.05, 0.1) is 11.1 Å². The van der Waals surface area contributed by atoms with Crippen LogP contribution in [0.15, 0.2) is 24.3 Å². The number of rotatable bonds is 34. The number of hydrogen-bond donors (Lipinski definition) is 0. The molecule has 6 nitrogen and oxygen atoms in total. The topological polar surface area (TPSA) is 86.7 Å². The van der Waals surface area contributed by atoms with Crippen LogP contribution >= 0.6 is 0 Å². The first-order chi connectivity index (χ1) is 24.5. The molecule has 0 amide bonds. The van der Waals surface area contributed by atoms with Crippen molar-refractivity contribution >= 4 is 23.9 Å². The van der Waals surface area contributed by atoms with Crippen molar-refractivity contribution in [3.8, 4) is 0 Å². The van der Waals surface area contributed by atoms with Crippen LogP contribution in [0.3, 0.4) is 0 Å². The van der Waals surface area contributed by atoms with E-state index in [9.17, 15) is 19.2 Å². The molecule has 1 rings (SSSR count). The lowest BCUT2D eigenvalue weighted by molar-refractivity contribution is -0.139. The van der Waals surface area contributed by atoms with Crippen molar-refractivity contribution in [3.05, 3.63) is 35.4 Å². The van der Waals surface area contributed by atoms with E-state index >= 15 is 0 Å². The van der Waals surface area contributed by atoms with Crippen LogP contribution < -0.4 is 0 Å². The van der Waals surface area contributed by atoms with Crippen molar-refractivity contribution in [2.24, 2.45) is 0 Å². The van der Waals surface area contributed by atoms with Crippen LogP contribution in [0.4, 0.5) is 0 Å². The monoisotopic (exact) mass is 699 g/mol. The second-order valence-electron chi connectivity index (χ2n) is 14.5. The summed E-state index contributed by atoms with van der Waals surface area (Å²) in [5.74, 6) is -2.53. The molecule has 0 heterocycles. The molecule has 0 saturated heterocycles. The van der Waals surface area contributed by atoms with E-state index < -0.39 is 23.9 Å². The van der Waals surface area contributed by atoms with E-state index in [1.165, 1.54) is 178 Å². The number of ether oxygens (including phenoxy) is 2. The zero-order valence-electron chi connectivity index (χ0n) is 32.4. The van der Waals surface area contributed by atoms with Gasteiger partial charge in [-0.3, -0.25) is 9.59 Å². The third-order valence-electron chi connectivity index (χ3n) is 9.74. The first-order valence-electron chi connectivity index (χ1n) is 21.1. The van der Waals surface area contributed by atoms with Crippen molar-refractivity contribution in [1.82, 2.24) is 0 Å². The molecule has 6 heteroatoms. The van der Waals surface area contributed by atoms with Gasteiger partial charge in [-0.05, 0) is 37.1 Å². The Hall–Kier alpha value is -2.50. The molecule has 1 aromatic carbocycles. The molecule has 0 N–H and O–H groups in total. The highest BCUT2D eigenvalue weighted by molar-refractivity contribution is 5.99. The van der Waals surface area contributed by atoms with E-state index in [2.05, 4.69) is 13.8 Å². The van der Waals surface area contributed by atoms with Gasteiger partial charge in [-0.1, -0.05) is 194 Å². The molecule has 0 aliphatic carbocycles. The molecule has 0 aromatic heterocycles. The van der Waals surface area contributed by atoms with Gasteiger partial charge in [0, 0.05) is 12.8 Å². The van der Waals surface area contributed by atoms with Gasteiger partial charge in [0.15, 0.2) is 0 Å². The van der Waals surface area contributed by atoms with Crippen molar-refractivity contribution in [2.75, 3.05) is 0 Å². The fourth-order valence-corrected chi connectivity index (χ4v) is 6.45. The Morgan fingerprint density at radius 3 is 0.760 bits per heavy atom. The minimum atomic E-state index is -0.736. The van der Waals surface area contributed by atoms with E-state index in [1.54, 1.807) is 0 Å². The zero-order chi connectivity index (χ0) is 36.3. The van der Waals surface area contributed by atoms with Gasteiger partial charge in [0.25, 0.3) is 0 Å². The number of carbonyl (C=O) groups excluding carboxylic acids is 4. The van der Waals surface area contributed by atoms with Crippen LogP contribution in [0.25, 0.3) is 0 Å². The summed E-state index contributed by atoms with van der Waals surface area (Å²) >= 11 is 0. The second kappa shape index (κ2) is 33.6. The number of hydrogen-bond acceptors (Lipinski definition) is 6. The molecule has 50 heavy (non-hydrogen) atoms. The Bertz CT molecular complexity index is 906. The van der Waals surface area contributed by atoms with Crippen LogP contribution in [-0.2, 0) is 19.1 Å². The van der Waals surface area contributed by atoms with Crippen molar-refractivity contribution < 1.29 is 28.7 Å². The summed E-state index contributed by atoms with van der Waals surface area (Å²) in [6.45, 7) is 4.52. The standard InChI is InChI=1S/C44H74O6/c1-3-5-7-9-11-13-15-17-19-21-23-25-27-29-31-33-41(45)49-43(47)39-35-37-40(38-36-39)44(48)50-42(46)34-32-30-28-26-24-22-20-18-16-14-12-10-8-6-4-2/h35-38H,3-34H2,1-2H3. The van der Waals surface area contributed by atoms with Gasteiger partial charge in [-0.25, -0.2) is 9.59 Å². The highest BCUT2D eigenvalue weighted by atomic mass is 16.6. The summed E-state index contributed by atoms with van der Waals surface area (Å²) in [6, 6.07) is 5.66. The van der Waals surface area contributed by atoms with Crippen LogP contribution in [-0.4, -0.2) is 23.9 Å². The molecule has 1 aromatic rings. The lowest BCUT2D eigenvalue weighted by Gasteiger charge is -2.06. The number of benzene rings is 1. The molecule has 0 saturated carbocycles. The van der Waals surface area contributed by atoms with Crippen molar-refractivity contribution in [2.45, 2.75) is 219 Å². The molecule has 0 fully saturated rings. The van der Waals surface area contributed by atoms with Gasteiger partial charge >= 0.3 is 23.9 Å². The van der Waals surface area contributed by atoms with Gasteiger partial charge in [-0.15, -0.1) is 0 Å². The third kappa shape index (κ3) is 27.3. The van der Waals surface area contributed by atoms with E-state index in [4.69, 9.17) is 9.47 Å². The van der Waals surface area contributed by atoms with E-state index in [1.807, 2.05) is 0 Å². The number of carbonyl (C=O) groups is 4. The van der Waals surface area contributed by atoms with Gasteiger partial charge in [-0.2, -0.15) is 0 Å². The van der Waals surface area contributed by atoms with E-state index in [0.717, 1.165) is 25.7 Å². The van der Waals surface area contributed by atoms with E-state index in [0.29, 0.717) is 12.8 Å². The fourth-order valence-electron chi connectivity index (χ4n) is 6.45. The minimum absolute atomic E-state index is 0.176. The van der Waals surface area contributed by atoms with Crippen LogP contribution in [0.1, 0.15) is 240 Å². The molecule has 0 bridgehead atoms. The lowest BCUT2D eigenvalue weighted by atomic mass is 10.0. The maximum absolute atomic E-state index is 12.4. The summed E-state index contributed by atoms with van der Waals surface area (Å²) in [6.07, 6.45) is 37.9. The maximum atomic E-state index is 12.4. The minimum Gasteiger partial charge on any atom is -0.389 e. The van der Waals surface area contributed by atoms with Gasteiger partial charge in [0.2, 0.25) is 0 Å². The Kier molecular flexibility index (Phi) is 30.6. The summed E-state index contributed by atoms with van der Waals surface area (Å²) in [4.78, 5) is 49.1. The SMILES string of the molecule is CCCCCCCCCCCCCCCCCC(=O)OC(=O)c1ccc(C(=O)OC(=O)CCCCCCCCCCCCCCCCC)cc1. The Labute approximate surface area is 306 Å².